The highest BCUT2D eigenvalue weighted by Crippen LogP contribution is 2.30. The van der Waals surface area contributed by atoms with E-state index in [2.05, 4.69) is 4.99 Å². The number of nitrogens with zero attached hydrogens (tertiary/aromatic N) is 1. The standard InChI is InChI=1S/C17H13N3O4.ClH/c18-17(19)20-11-4-5-12(16(22)23)13(8-11)10-2-1-9-3-6-15(21)24-14(9)7-10;/h1-8H,(H,22,23)(H4,18,19,20);1H. The summed E-state index contributed by atoms with van der Waals surface area (Å²) in [4.78, 5) is 26.8. The lowest BCUT2D eigenvalue weighted by atomic mass is 9.98. The Morgan fingerprint density at radius 1 is 1.04 bits per heavy atom. The SMILES string of the molecule is Cl.NC(N)=Nc1ccc(C(=O)O)c(-c2ccc3ccc(=O)oc3c2)c1. The summed E-state index contributed by atoms with van der Waals surface area (Å²) in [5, 5.41) is 10.1. The molecule has 25 heavy (non-hydrogen) atoms. The minimum atomic E-state index is -1.09. The quantitative estimate of drug-likeness (QED) is 0.374. The summed E-state index contributed by atoms with van der Waals surface area (Å²) in [5.74, 6) is -1.22. The van der Waals surface area contributed by atoms with Crippen LogP contribution < -0.4 is 17.1 Å². The lowest BCUT2D eigenvalue weighted by Crippen LogP contribution is -2.21. The molecule has 0 aliphatic rings. The van der Waals surface area contributed by atoms with E-state index in [4.69, 9.17) is 15.9 Å². The van der Waals surface area contributed by atoms with Crippen LogP contribution in [-0.2, 0) is 0 Å². The van der Waals surface area contributed by atoms with E-state index in [0.717, 1.165) is 5.39 Å². The molecule has 0 unspecified atom stereocenters. The van der Waals surface area contributed by atoms with Crippen molar-refractivity contribution in [2.24, 2.45) is 16.5 Å². The highest BCUT2D eigenvalue weighted by Gasteiger charge is 2.13. The summed E-state index contributed by atoms with van der Waals surface area (Å²) in [7, 11) is 0. The molecular weight excluding hydrogens is 346 g/mol. The van der Waals surface area contributed by atoms with Gasteiger partial charge in [0.1, 0.15) is 5.58 Å². The number of aromatic carboxylic acids is 1. The van der Waals surface area contributed by atoms with Crippen LogP contribution in [0.15, 0.2) is 62.7 Å². The Bertz CT molecular complexity index is 1040. The number of carboxylic acids is 1. The number of carbonyl (C=O) groups is 1. The van der Waals surface area contributed by atoms with Crippen LogP contribution in [0, 0.1) is 0 Å². The predicted molar refractivity (Wildman–Crippen MR) is 97.6 cm³/mol. The van der Waals surface area contributed by atoms with E-state index in [1.54, 1.807) is 30.3 Å². The Morgan fingerprint density at radius 2 is 1.76 bits per heavy atom. The van der Waals surface area contributed by atoms with Gasteiger partial charge in [0.2, 0.25) is 0 Å². The number of hydrogen-bond donors (Lipinski definition) is 3. The van der Waals surface area contributed by atoms with Crippen molar-refractivity contribution >= 4 is 41.0 Å². The Kier molecular flexibility index (Phi) is 5.09. The zero-order valence-corrected chi connectivity index (χ0v) is 13.6. The van der Waals surface area contributed by atoms with Crippen LogP contribution in [-0.4, -0.2) is 17.0 Å². The van der Waals surface area contributed by atoms with Gasteiger partial charge >= 0.3 is 11.6 Å². The maximum Gasteiger partial charge on any atom is 0.336 e. The van der Waals surface area contributed by atoms with Crippen LogP contribution in [0.3, 0.4) is 0 Å². The van der Waals surface area contributed by atoms with Crippen molar-refractivity contribution < 1.29 is 14.3 Å². The minimum Gasteiger partial charge on any atom is -0.478 e. The first-order valence-corrected chi connectivity index (χ1v) is 6.95. The van der Waals surface area contributed by atoms with Crippen LogP contribution in [0.2, 0.25) is 0 Å². The molecule has 0 aliphatic heterocycles. The Morgan fingerprint density at radius 3 is 2.44 bits per heavy atom. The van der Waals surface area contributed by atoms with Gasteiger partial charge in [0.15, 0.2) is 5.96 Å². The third-order valence-corrected chi connectivity index (χ3v) is 3.43. The first kappa shape index (κ1) is 18.0. The van der Waals surface area contributed by atoms with Crippen molar-refractivity contribution in [3.05, 3.63) is 64.5 Å². The number of benzene rings is 2. The number of fused-ring (bicyclic) bond motifs is 1. The average molecular weight is 360 g/mol. The number of halogens is 1. The molecule has 1 aromatic heterocycles. The summed E-state index contributed by atoms with van der Waals surface area (Å²) in [6, 6.07) is 12.5. The van der Waals surface area contributed by atoms with Gasteiger partial charge in [-0.25, -0.2) is 14.6 Å². The molecular formula is C17H14ClN3O4. The predicted octanol–water partition coefficient (Wildman–Crippen LogP) is 2.48. The third kappa shape index (κ3) is 3.78. The molecule has 7 nitrogen and oxygen atoms in total. The van der Waals surface area contributed by atoms with E-state index in [1.165, 1.54) is 18.2 Å². The van der Waals surface area contributed by atoms with Crippen LogP contribution in [0.4, 0.5) is 5.69 Å². The maximum absolute atomic E-state index is 11.5. The van der Waals surface area contributed by atoms with E-state index < -0.39 is 11.6 Å². The molecule has 0 fully saturated rings. The molecule has 1 heterocycles. The first-order chi connectivity index (χ1) is 11.4. The third-order valence-electron chi connectivity index (χ3n) is 3.43. The van der Waals surface area contributed by atoms with Gasteiger partial charge in [-0.2, -0.15) is 0 Å². The van der Waals surface area contributed by atoms with Gasteiger partial charge < -0.3 is 21.0 Å². The van der Waals surface area contributed by atoms with Crippen molar-refractivity contribution in [3.8, 4) is 11.1 Å². The number of carboxylic acid groups (broad SMARTS) is 1. The highest BCUT2D eigenvalue weighted by atomic mass is 35.5. The van der Waals surface area contributed by atoms with E-state index in [-0.39, 0.29) is 23.9 Å². The van der Waals surface area contributed by atoms with Gasteiger partial charge in [0.25, 0.3) is 0 Å². The molecule has 5 N–H and O–H groups in total. The van der Waals surface area contributed by atoms with Crippen LogP contribution in [0.25, 0.3) is 22.1 Å². The van der Waals surface area contributed by atoms with Crippen molar-refractivity contribution in [2.45, 2.75) is 0 Å². The van der Waals surface area contributed by atoms with Gasteiger partial charge in [-0.05, 0) is 41.5 Å². The fourth-order valence-corrected chi connectivity index (χ4v) is 2.40. The smallest absolute Gasteiger partial charge is 0.336 e. The largest absolute Gasteiger partial charge is 0.478 e. The van der Waals surface area contributed by atoms with Gasteiger partial charge in [-0.1, -0.05) is 12.1 Å². The Balaban J connectivity index is 0.00000225. The molecule has 0 spiro atoms. The molecule has 0 saturated carbocycles. The van der Waals surface area contributed by atoms with Gasteiger partial charge in [0.05, 0.1) is 11.3 Å². The molecule has 0 bridgehead atoms. The molecule has 0 radical (unpaired) electrons. The van der Waals surface area contributed by atoms with Gasteiger partial charge in [0, 0.05) is 11.5 Å². The monoisotopic (exact) mass is 359 g/mol. The van der Waals surface area contributed by atoms with Gasteiger partial charge in [-0.3, -0.25) is 0 Å². The number of rotatable bonds is 3. The van der Waals surface area contributed by atoms with E-state index in [0.29, 0.717) is 22.4 Å². The molecule has 0 amide bonds. The first-order valence-electron chi connectivity index (χ1n) is 6.95. The fraction of sp³-hybridized carbons (Fsp3) is 0. The van der Waals surface area contributed by atoms with Crippen LogP contribution in [0.1, 0.15) is 10.4 Å². The summed E-state index contributed by atoms with van der Waals surface area (Å²) in [5.41, 5.74) is 12.1. The Hall–Kier alpha value is -3.32. The summed E-state index contributed by atoms with van der Waals surface area (Å²) < 4.78 is 5.15. The number of hydrogen-bond acceptors (Lipinski definition) is 4. The minimum absolute atomic E-state index is 0. The number of aliphatic imine (C=N–C) groups is 1. The zero-order valence-electron chi connectivity index (χ0n) is 12.8. The van der Waals surface area contributed by atoms with Crippen molar-refractivity contribution in [1.82, 2.24) is 0 Å². The second-order valence-corrected chi connectivity index (χ2v) is 5.08. The average Bonchev–Trinajstić information content (AvgIpc) is 2.53. The fourth-order valence-electron chi connectivity index (χ4n) is 2.40. The summed E-state index contributed by atoms with van der Waals surface area (Å²) in [6.07, 6.45) is 0. The molecule has 0 saturated heterocycles. The molecule has 0 atom stereocenters. The Labute approximate surface area is 148 Å². The normalized spacial score (nSPS) is 10.1. The van der Waals surface area contributed by atoms with Crippen LogP contribution >= 0.6 is 12.4 Å². The summed E-state index contributed by atoms with van der Waals surface area (Å²) in [6.45, 7) is 0. The second-order valence-electron chi connectivity index (χ2n) is 5.08. The molecule has 0 aliphatic carbocycles. The van der Waals surface area contributed by atoms with Gasteiger partial charge in [-0.15, -0.1) is 12.4 Å². The number of nitrogens with two attached hydrogens (primary N) is 2. The molecule has 8 heteroatoms. The summed E-state index contributed by atoms with van der Waals surface area (Å²) >= 11 is 0. The van der Waals surface area contributed by atoms with Crippen LogP contribution in [0.5, 0.6) is 0 Å². The van der Waals surface area contributed by atoms with Crippen molar-refractivity contribution in [1.29, 1.82) is 0 Å². The lowest BCUT2D eigenvalue weighted by Gasteiger charge is -2.08. The molecule has 128 valence electrons. The topological polar surface area (TPSA) is 132 Å². The van der Waals surface area contributed by atoms with Crippen molar-refractivity contribution in [2.75, 3.05) is 0 Å². The second kappa shape index (κ2) is 7.06. The van der Waals surface area contributed by atoms with E-state index >= 15 is 0 Å². The highest BCUT2D eigenvalue weighted by molar-refractivity contribution is 5.98. The van der Waals surface area contributed by atoms with E-state index in [9.17, 15) is 14.7 Å². The molecule has 3 rings (SSSR count). The number of guanidine groups is 1. The molecule has 2 aromatic carbocycles. The zero-order chi connectivity index (χ0) is 17.3. The lowest BCUT2D eigenvalue weighted by molar-refractivity contribution is 0.0698. The molecule has 3 aromatic rings. The van der Waals surface area contributed by atoms with Crippen molar-refractivity contribution in [3.63, 3.8) is 0 Å². The van der Waals surface area contributed by atoms with E-state index in [1.807, 2.05) is 0 Å². The maximum atomic E-state index is 11.5.